The summed E-state index contributed by atoms with van der Waals surface area (Å²) in [6.45, 7) is 6.07. The second-order valence-electron chi connectivity index (χ2n) is 7.73. The first-order chi connectivity index (χ1) is 12.7. The van der Waals surface area contributed by atoms with Crippen molar-refractivity contribution in [2.75, 3.05) is 39.3 Å². The summed E-state index contributed by atoms with van der Waals surface area (Å²) in [6.07, 6.45) is 10.6. The van der Waals surface area contributed by atoms with Gasteiger partial charge < -0.3 is 9.84 Å². The fourth-order valence-electron chi connectivity index (χ4n) is 4.03. The minimum atomic E-state index is -0.470. The van der Waals surface area contributed by atoms with Crippen LogP contribution in [0.1, 0.15) is 37.7 Å². The lowest BCUT2D eigenvalue weighted by atomic mass is 9.85. The Bertz CT molecular complexity index is 570. The Labute approximate surface area is 158 Å². The van der Waals surface area contributed by atoms with Crippen molar-refractivity contribution >= 4 is 0 Å². The molecule has 142 valence electrons. The Morgan fingerprint density at radius 1 is 1.04 bits per heavy atom. The molecule has 0 spiro atoms. The SMILES string of the molecule is C#CC1(OC[C@H](O)CN2CCN(Cc3ccccc3)CC2)CCCCC1. The van der Waals surface area contributed by atoms with Crippen LogP contribution in [-0.2, 0) is 11.3 Å². The summed E-state index contributed by atoms with van der Waals surface area (Å²) in [5.74, 6) is 2.85. The summed E-state index contributed by atoms with van der Waals surface area (Å²) in [7, 11) is 0. The molecule has 1 saturated carbocycles. The number of hydrogen-bond donors (Lipinski definition) is 1. The standard InChI is InChI=1S/C22H32N2O2/c1-2-22(11-7-4-8-12-22)26-19-21(25)18-24-15-13-23(14-16-24)17-20-9-5-3-6-10-20/h1,3,5-6,9-10,21,25H,4,7-8,11-19H2/t21-/m1/s1. The van der Waals surface area contributed by atoms with E-state index >= 15 is 0 Å². The maximum atomic E-state index is 10.4. The zero-order chi connectivity index (χ0) is 18.2. The Hall–Kier alpha value is -1.38. The highest BCUT2D eigenvalue weighted by Crippen LogP contribution is 2.31. The Morgan fingerprint density at radius 2 is 1.69 bits per heavy atom. The monoisotopic (exact) mass is 356 g/mol. The predicted octanol–water partition coefficient (Wildman–Crippen LogP) is 2.52. The van der Waals surface area contributed by atoms with Crippen LogP contribution in [0.2, 0.25) is 0 Å². The van der Waals surface area contributed by atoms with Gasteiger partial charge >= 0.3 is 0 Å². The van der Waals surface area contributed by atoms with Crippen molar-refractivity contribution in [3.8, 4) is 12.3 Å². The normalized spacial score (nSPS) is 22.6. The number of ether oxygens (including phenoxy) is 1. The number of piperazine rings is 1. The first kappa shape index (κ1) is 19.4. The van der Waals surface area contributed by atoms with Crippen LogP contribution in [0.4, 0.5) is 0 Å². The molecular formula is C22H32N2O2. The van der Waals surface area contributed by atoms with Crippen molar-refractivity contribution in [1.82, 2.24) is 9.80 Å². The van der Waals surface area contributed by atoms with Crippen LogP contribution in [-0.4, -0.2) is 65.9 Å². The molecule has 1 atom stereocenters. The molecule has 1 aliphatic heterocycles. The van der Waals surface area contributed by atoms with Gasteiger partial charge in [-0.25, -0.2) is 0 Å². The third kappa shape index (κ3) is 5.56. The number of rotatable bonds is 7. The molecule has 1 aromatic carbocycles. The predicted molar refractivity (Wildman–Crippen MR) is 105 cm³/mol. The van der Waals surface area contributed by atoms with Crippen LogP contribution in [0, 0.1) is 12.3 Å². The van der Waals surface area contributed by atoms with Gasteiger partial charge in [0, 0.05) is 39.3 Å². The van der Waals surface area contributed by atoms with Crippen molar-refractivity contribution in [1.29, 1.82) is 0 Å². The van der Waals surface area contributed by atoms with Crippen molar-refractivity contribution < 1.29 is 9.84 Å². The molecule has 0 amide bonds. The van der Waals surface area contributed by atoms with Crippen molar-refractivity contribution in [2.24, 2.45) is 0 Å². The quantitative estimate of drug-likeness (QED) is 0.762. The Balaban J connectivity index is 1.36. The van der Waals surface area contributed by atoms with Crippen LogP contribution in [0.3, 0.4) is 0 Å². The molecule has 4 nitrogen and oxygen atoms in total. The maximum Gasteiger partial charge on any atom is 0.128 e. The Kier molecular flexibility index (Phi) is 7.10. The van der Waals surface area contributed by atoms with Gasteiger partial charge in [0.2, 0.25) is 0 Å². The lowest BCUT2D eigenvalue weighted by molar-refractivity contribution is -0.0716. The number of β-amino-alcohol motifs (C(OH)–C–C–N with tert-alkyl or cyclic N) is 1. The summed E-state index contributed by atoms with van der Waals surface area (Å²) >= 11 is 0. The van der Waals surface area contributed by atoms with Crippen LogP contribution >= 0.6 is 0 Å². The molecule has 0 radical (unpaired) electrons. The van der Waals surface area contributed by atoms with Crippen LogP contribution < -0.4 is 0 Å². The topological polar surface area (TPSA) is 35.9 Å². The molecule has 4 heteroatoms. The van der Waals surface area contributed by atoms with Gasteiger partial charge in [-0.1, -0.05) is 42.7 Å². The van der Waals surface area contributed by atoms with E-state index in [4.69, 9.17) is 11.2 Å². The highest BCUT2D eigenvalue weighted by molar-refractivity contribution is 5.14. The largest absolute Gasteiger partial charge is 0.389 e. The van der Waals surface area contributed by atoms with Gasteiger partial charge in [0.1, 0.15) is 5.60 Å². The van der Waals surface area contributed by atoms with E-state index in [0.717, 1.165) is 58.4 Å². The lowest BCUT2D eigenvalue weighted by Crippen LogP contribution is -2.49. The molecule has 2 aliphatic rings. The summed E-state index contributed by atoms with van der Waals surface area (Å²) in [5, 5.41) is 10.4. The minimum absolute atomic E-state index is 0.342. The van der Waals surface area contributed by atoms with Gasteiger partial charge in [-0.2, -0.15) is 0 Å². The Morgan fingerprint density at radius 3 is 2.35 bits per heavy atom. The molecule has 1 saturated heterocycles. The van der Waals surface area contributed by atoms with Crippen LogP contribution in [0.25, 0.3) is 0 Å². The minimum Gasteiger partial charge on any atom is -0.389 e. The molecule has 0 unspecified atom stereocenters. The van der Waals surface area contributed by atoms with Gasteiger partial charge in [-0.05, 0) is 31.2 Å². The molecule has 1 heterocycles. The number of aliphatic hydroxyl groups is 1. The highest BCUT2D eigenvalue weighted by atomic mass is 16.5. The van der Waals surface area contributed by atoms with E-state index in [1.54, 1.807) is 0 Å². The van der Waals surface area contributed by atoms with E-state index in [1.165, 1.54) is 12.0 Å². The third-order valence-corrected chi connectivity index (χ3v) is 5.66. The van der Waals surface area contributed by atoms with Crippen LogP contribution in [0.5, 0.6) is 0 Å². The summed E-state index contributed by atoms with van der Waals surface area (Å²) in [6, 6.07) is 10.6. The molecule has 3 rings (SSSR count). The molecule has 1 aliphatic carbocycles. The molecule has 0 bridgehead atoms. The number of hydrogen-bond acceptors (Lipinski definition) is 4. The van der Waals surface area contributed by atoms with Crippen molar-refractivity contribution in [2.45, 2.75) is 50.4 Å². The number of aliphatic hydroxyl groups excluding tert-OH is 1. The fraction of sp³-hybridized carbons (Fsp3) is 0.636. The zero-order valence-electron chi connectivity index (χ0n) is 15.8. The number of nitrogens with zero attached hydrogens (tertiary/aromatic N) is 2. The fourth-order valence-corrected chi connectivity index (χ4v) is 4.03. The summed E-state index contributed by atoms with van der Waals surface area (Å²) < 4.78 is 6.00. The van der Waals surface area contributed by atoms with E-state index in [0.29, 0.717) is 13.2 Å². The highest BCUT2D eigenvalue weighted by Gasteiger charge is 2.31. The van der Waals surface area contributed by atoms with Crippen molar-refractivity contribution in [3.63, 3.8) is 0 Å². The van der Waals surface area contributed by atoms with Gasteiger partial charge in [-0.3, -0.25) is 9.80 Å². The van der Waals surface area contributed by atoms with Crippen LogP contribution in [0.15, 0.2) is 30.3 Å². The molecule has 1 aromatic rings. The van der Waals surface area contributed by atoms with Gasteiger partial charge in [0.05, 0.1) is 12.7 Å². The summed E-state index contributed by atoms with van der Waals surface area (Å²) in [5.41, 5.74) is 0.926. The summed E-state index contributed by atoms with van der Waals surface area (Å²) in [4.78, 5) is 4.81. The molecule has 0 aromatic heterocycles. The molecule has 1 N–H and O–H groups in total. The van der Waals surface area contributed by atoms with E-state index in [1.807, 2.05) is 0 Å². The molecule has 26 heavy (non-hydrogen) atoms. The second kappa shape index (κ2) is 9.53. The smallest absolute Gasteiger partial charge is 0.128 e. The second-order valence-corrected chi connectivity index (χ2v) is 7.73. The average Bonchev–Trinajstić information content (AvgIpc) is 2.69. The number of benzene rings is 1. The van der Waals surface area contributed by atoms with Gasteiger partial charge in [-0.15, -0.1) is 6.42 Å². The van der Waals surface area contributed by atoms with E-state index in [2.05, 4.69) is 46.1 Å². The average molecular weight is 357 g/mol. The maximum absolute atomic E-state index is 10.4. The van der Waals surface area contributed by atoms with E-state index in [-0.39, 0.29) is 0 Å². The van der Waals surface area contributed by atoms with Gasteiger partial charge in [0.15, 0.2) is 0 Å². The zero-order valence-corrected chi connectivity index (χ0v) is 15.8. The van der Waals surface area contributed by atoms with E-state index < -0.39 is 11.7 Å². The molecule has 2 fully saturated rings. The lowest BCUT2D eigenvalue weighted by Gasteiger charge is -2.37. The van der Waals surface area contributed by atoms with Crippen molar-refractivity contribution in [3.05, 3.63) is 35.9 Å². The van der Waals surface area contributed by atoms with Gasteiger partial charge in [0.25, 0.3) is 0 Å². The first-order valence-corrected chi connectivity index (χ1v) is 9.97. The van der Waals surface area contributed by atoms with E-state index in [9.17, 15) is 5.11 Å². The first-order valence-electron chi connectivity index (χ1n) is 9.97. The molecular weight excluding hydrogens is 324 g/mol. The third-order valence-electron chi connectivity index (χ3n) is 5.66. The number of terminal acetylenes is 1.